The van der Waals surface area contributed by atoms with Crippen LogP contribution in [0.4, 0.5) is 0 Å². The van der Waals surface area contributed by atoms with Gasteiger partial charge in [-0.05, 0) is 13.3 Å². The smallest absolute Gasteiger partial charge is 0.273 e. The van der Waals surface area contributed by atoms with E-state index in [1.165, 1.54) is 11.3 Å². The Morgan fingerprint density at radius 3 is 2.89 bits per heavy atom. The Hall–Kier alpha value is -1.47. The zero-order valence-electron chi connectivity index (χ0n) is 11.1. The molecular weight excluding hydrogens is 264 g/mol. The highest BCUT2D eigenvalue weighted by atomic mass is 32.1. The molecule has 0 aromatic carbocycles. The maximum absolute atomic E-state index is 12.3. The number of hydrogen-bond donors (Lipinski definition) is 1. The average molecular weight is 282 g/mol. The minimum Gasteiger partial charge on any atom is -0.344 e. The first-order valence-corrected chi connectivity index (χ1v) is 7.11. The average Bonchev–Trinajstić information content (AvgIpc) is 2.79. The quantitative estimate of drug-likeness (QED) is 0.855. The molecule has 1 fully saturated rings. The normalized spacial score (nSPS) is 18.4. The fraction of sp³-hybridized carbons (Fsp3) is 0.583. The molecule has 6 nitrogen and oxygen atoms in total. The largest absolute Gasteiger partial charge is 0.344 e. The van der Waals surface area contributed by atoms with Gasteiger partial charge in [-0.25, -0.2) is 4.98 Å². The van der Waals surface area contributed by atoms with Gasteiger partial charge in [-0.15, -0.1) is 11.3 Å². The Balaban J connectivity index is 2.11. The van der Waals surface area contributed by atoms with E-state index in [1.807, 2.05) is 6.92 Å². The number of thiazole rings is 1. The molecule has 19 heavy (non-hydrogen) atoms. The van der Waals surface area contributed by atoms with Gasteiger partial charge >= 0.3 is 0 Å². The van der Waals surface area contributed by atoms with E-state index in [9.17, 15) is 9.59 Å². The van der Waals surface area contributed by atoms with E-state index in [4.69, 9.17) is 5.73 Å². The van der Waals surface area contributed by atoms with Crippen LogP contribution in [0.15, 0.2) is 5.38 Å². The zero-order chi connectivity index (χ0) is 14.0. The van der Waals surface area contributed by atoms with Crippen molar-refractivity contribution in [2.24, 2.45) is 5.73 Å². The number of aromatic nitrogens is 1. The summed E-state index contributed by atoms with van der Waals surface area (Å²) in [5, 5.41) is 2.45. The molecule has 1 aromatic rings. The summed E-state index contributed by atoms with van der Waals surface area (Å²) in [7, 11) is 1.76. The van der Waals surface area contributed by atoms with Crippen molar-refractivity contribution in [1.82, 2.24) is 14.8 Å². The number of carbonyl (C=O) groups is 2. The van der Waals surface area contributed by atoms with Crippen LogP contribution in [0.25, 0.3) is 0 Å². The molecule has 0 radical (unpaired) electrons. The second-order valence-corrected chi connectivity index (χ2v) is 5.64. The molecule has 1 unspecified atom stereocenters. The highest BCUT2D eigenvalue weighted by Gasteiger charge is 2.25. The lowest BCUT2D eigenvalue weighted by atomic mass is 10.3. The summed E-state index contributed by atoms with van der Waals surface area (Å²) in [5.41, 5.74) is 6.12. The molecule has 1 aromatic heterocycles. The Morgan fingerprint density at radius 2 is 2.26 bits per heavy atom. The van der Waals surface area contributed by atoms with E-state index in [0.717, 1.165) is 11.4 Å². The van der Waals surface area contributed by atoms with Crippen molar-refractivity contribution in [3.63, 3.8) is 0 Å². The number of carbonyl (C=O) groups excluding carboxylic acids is 2. The lowest BCUT2D eigenvalue weighted by Gasteiger charge is -2.18. The molecule has 1 atom stereocenters. The minimum absolute atomic E-state index is 0.0338. The van der Waals surface area contributed by atoms with Crippen LogP contribution in [0.2, 0.25) is 0 Å². The van der Waals surface area contributed by atoms with Crippen LogP contribution in [0, 0.1) is 0 Å². The van der Waals surface area contributed by atoms with Gasteiger partial charge in [0.15, 0.2) is 0 Å². The lowest BCUT2D eigenvalue weighted by molar-refractivity contribution is -0.129. The summed E-state index contributed by atoms with van der Waals surface area (Å²) in [4.78, 5) is 31.5. The molecule has 1 aliphatic heterocycles. The third kappa shape index (κ3) is 3.10. The van der Waals surface area contributed by atoms with Gasteiger partial charge in [-0.3, -0.25) is 9.59 Å². The first-order valence-electron chi connectivity index (χ1n) is 6.23. The summed E-state index contributed by atoms with van der Waals surface area (Å²) in [5.74, 6) is -0.222. The molecule has 104 valence electrons. The Kier molecular flexibility index (Phi) is 4.16. The van der Waals surface area contributed by atoms with Gasteiger partial charge < -0.3 is 15.5 Å². The van der Waals surface area contributed by atoms with Crippen molar-refractivity contribution in [3.8, 4) is 0 Å². The fourth-order valence-corrected chi connectivity index (χ4v) is 2.67. The van der Waals surface area contributed by atoms with E-state index in [1.54, 1.807) is 22.2 Å². The van der Waals surface area contributed by atoms with Crippen molar-refractivity contribution >= 4 is 23.2 Å². The third-order valence-electron chi connectivity index (χ3n) is 3.09. The van der Waals surface area contributed by atoms with Crippen LogP contribution in [0.3, 0.4) is 0 Å². The maximum Gasteiger partial charge on any atom is 0.273 e. The van der Waals surface area contributed by atoms with Crippen molar-refractivity contribution in [2.75, 3.05) is 26.7 Å². The van der Waals surface area contributed by atoms with Gasteiger partial charge in [0.05, 0.1) is 6.04 Å². The number of nitrogens with zero attached hydrogens (tertiary/aromatic N) is 3. The molecule has 7 heteroatoms. The summed E-state index contributed by atoms with van der Waals surface area (Å²) < 4.78 is 0. The van der Waals surface area contributed by atoms with E-state index >= 15 is 0 Å². The van der Waals surface area contributed by atoms with Gasteiger partial charge in [0, 0.05) is 25.5 Å². The van der Waals surface area contributed by atoms with Crippen molar-refractivity contribution in [1.29, 1.82) is 0 Å². The van der Waals surface area contributed by atoms with Crippen molar-refractivity contribution in [2.45, 2.75) is 19.4 Å². The van der Waals surface area contributed by atoms with E-state index in [-0.39, 0.29) is 24.4 Å². The van der Waals surface area contributed by atoms with Crippen molar-refractivity contribution < 1.29 is 9.59 Å². The fourth-order valence-electron chi connectivity index (χ4n) is 1.92. The molecule has 0 saturated carbocycles. The van der Waals surface area contributed by atoms with Crippen LogP contribution in [-0.2, 0) is 4.79 Å². The topological polar surface area (TPSA) is 79.5 Å². The Morgan fingerprint density at radius 1 is 1.53 bits per heavy atom. The van der Waals surface area contributed by atoms with Crippen LogP contribution >= 0.6 is 11.3 Å². The SMILES string of the molecule is CC(N)c1nc(C(=O)N2CCCN(C)C(=O)C2)cs1. The second kappa shape index (κ2) is 5.66. The monoisotopic (exact) mass is 282 g/mol. The molecule has 0 bridgehead atoms. The Labute approximate surface area is 116 Å². The van der Waals surface area contributed by atoms with E-state index in [2.05, 4.69) is 4.98 Å². The van der Waals surface area contributed by atoms with Gasteiger partial charge in [-0.1, -0.05) is 0 Å². The summed E-state index contributed by atoms with van der Waals surface area (Å²) >= 11 is 1.38. The number of rotatable bonds is 2. The second-order valence-electron chi connectivity index (χ2n) is 4.76. The number of amides is 2. The van der Waals surface area contributed by atoms with Gasteiger partial charge in [-0.2, -0.15) is 0 Å². The highest BCUT2D eigenvalue weighted by Crippen LogP contribution is 2.17. The summed E-state index contributed by atoms with van der Waals surface area (Å²) in [6.07, 6.45) is 0.790. The van der Waals surface area contributed by atoms with Crippen LogP contribution < -0.4 is 5.73 Å². The van der Waals surface area contributed by atoms with Crippen LogP contribution in [0.1, 0.15) is 34.9 Å². The first kappa shape index (κ1) is 14.0. The van der Waals surface area contributed by atoms with E-state index in [0.29, 0.717) is 18.8 Å². The van der Waals surface area contributed by atoms with Crippen LogP contribution in [0.5, 0.6) is 0 Å². The molecule has 2 amide bonds. The van der Waals surface area contributed by atoms with Gasteiger partial charge in [0.1, 0.15) is 17.2 Å². The molecular formula is C12H18N4O2S. The summed E-state index contributed by atoms with van der Waals surface area (Å²) in [6.45, 7) is 3.22. The molecule has 2 rings (SSSR count). The van der Waals surface area contributed by atoms with E-state index < -0.39 is 0 Å². The zero-order valence-corrected chi connectivity index (χ0v) is 11.9. The molecule has 0 spiro atoms. The number of likely N-dealkylation sites (N-methyl/N-ethyl adjacent to an activating group) is 1. The lowest BCUT2D eigenvalue weighted by Crippen LogP contribution is -2.38. The molecule has 1 aliphatic rings. The molecule has 2 heterocycles. The van der Waals surface area contributed by atoms with Crippen LogP contribution in [-0.4, -0.2) is 53.3 Å². The van der Waals surface area contributed by atoms with Gasteiger partial charge in [0.25, 0.3) is 5.91 Å². The minimum atomic E-state index is -0.188. The standard InChI is InChI=1S/C12H18N4O2S/c1-8(13)11-14-9(7-19-11)12(18)16-5-3-4-15(2)10(17)6-16/h7-8H,3-6,13H2,1-2H3. The number of nitrogens with two attached hydrogens (primary N) is 1. The maximum atomic E-state index is 12.3. The predicted molar refractivity (Wildman–Crippen MR) is 72.9 cm³/mol. The van der Waals surface area contributed by atoms with Crippen molar-refractivity contribution in [3.05, 3.63) is 16.1 Å². The first-order chi connectivity index (χ1) is 8.99. The number of hydrogen-bond acceptors (Lipinski definition) is 5. The molecule has 0 aliphatic carbocycles. The Bertz CT molecular complexity index is 486. The van der Waals surface area contributed by atoms with Gasteiger partial charge in [0.2, 0.25) is 5.91 Å². The highest BCUT2D eigenvalue weighted by molar-refractivity contribution is 7.09. The predicted octanol–water partition coefficient (Wildman–Crippen LogP) is 0.467. The summed E-state index contributed by atoms with van der Waals surface area (Å²) in [6, 6.07) is -0.177. The third-order valence-corrected chi connectivity index (χ3v) is 4.14. The molecule has 2 N–H and O–H groups in total. The molecule has 1 saturated heterocycles.